The zero-order chi connectivity index (χ0) is 12.3. The minimum atomic E-state index is 0.128. The van der Waals surface area contributed by atoms with Crippen LogP contribution in [0.2, 0.25) is 0 Å². The third-order valence-corrected chi connectivity index (χ3v) is 3.49. The van der Waals surface area contributed by atoms with Crippen LogP contribution in [0.25, 0.3) is 0 Å². The summed E-state index contributed by atoms with van der Waals surface area (Å²) in [7, 11) is 0. The highest BCUT2D eigenvalue weighted by Gasteiger charge is 2.20. The normalized spacial score (nSPS) is 21.7. The molecule has 0 aromatic carbocycles. The Labute approximate surface area is 104 Å². The summed E-state index contributed by atoms with van der Waals surface area (Å²) in [5.41, 5.74) is 1.36. The van der Waals surface area contributed by atoms with E-state index in [1.54, 1.807) is 0 Å². The van der Waals surface area contributed by atoms with Crippen LogP contribution in [0.5, 0.6) is 0 Å². The van der Waals surface area contributed by atoms with Crippen molar-refractivity contribution in [3.8, 4) is 0 Å². The maximum Gasteiger partial charge on any atom is 0.0730 e. The van der Waals surface area contributed by atoms with Crippen LogP contribution >= 0.6 is 0 Å². The Hall–Kier alpha value is -0.900. The minimum absolute atomic E-state index is 0.128. The van der Waals surface area contributed by atoms with E-state index in [-0.39, 0.29) is 5.41 Å². The number of hydrogen-bond donors (Lipinski definition) is 1. The Morgan fingerprint density at radius 1 is 1.41 bits per heavy atom. The van der Waals surface area contributed by atoms with Crippen molar-refractivity contribution >= 4 is 0 Å². The summed E-state index contributed by atoms with van der Waals surface area (Å²) in [5, 5.41) is 11.8. The standard InChI is InChI=1S/C13H24N4/c1-13(2,3)12-10-15-16-17(12)9-7-11-6-4-5-8-14-11/h10-11,14H,4-9H2,1-3H3. The molecule has 4 heteroatoms. The van der Waals surface area contributed by atoms with Crippen LogP contribution in [0, 0.1) is 0 Å². The van der Waals surface area contributed by atoms with Gasteiger partial charge in [-0.25, -0.2) is 4.68 Å². The van der Waals surface area contributed by atoms with E-state index in [1.165, 1.54) is 31.5 Å². The highest BCUT2D eigenvalue weighted by atomic mass is 15.4. The van der Waals surface area contributed by atoms with Gasteiger partial charge in [-0.15, -0.1) is 5.10 Å². The van der Waals surface area contributed by atoms with Crippen molar-refractivity contribution in [1.82, 2.24) is 20.3 Å². The van der Waals surface area contributed by atoms with E-state index in [4.69, 9.17) is 0 Å². The van der Waals surface area contributed by atoms with E-state index in [2.05, 4.69) is 41.1 Å². The van der Waals surface area contributed by atoms with Crippen LogP contribution in [0.15, 0.2) is 6.20 Å². The van der Waals surface area contributed by atoms with Gasteiger partial charge in [0.05, 0.1) is 11.9 Å². The van der Waals surface area contributed by atoms with E-state index in [1.807, 2.05) is 6.20 Å². The molecule has 0 amide bonds. The van der Waals surface area contributed by atoms with Crippen LogP contribution in [-0.2, 0) is 12.0 Å². The van der Waals surface area contributed by atoms with E-state index >= 15 is 0 Å². The molecule has 1 aliphatic rings. The van der Waals surface area contributed by atoms with Gasteiger partial charge in [0.2, 0.25) is 0 Å². The lowest BCUT2D eigenvalue weighted by molar-refractivity contribution is 0.351. The lowest BCUT2D eigenvalue weighted by atomic mass is 9.92. The van der Waals surface area contributed by atoms with E-state index in [0.29, 0.717) is 6.04 Å². The van der Waals surface area contributed by atoms with E-state index in [0.717, 1.165) is 13.0 Å². The largest absolute Gasteiger partial charge is 0.314 e. The number of aryl methyl sites for hydroxylation is 1. The predicted molar refractivity (Wildman–Crippen MR) is 69.0 cm³/mol. The summed E-state index contributed by atoms with van der Waals surface area (Å²) in [6.45, 7) is 8.78. The molecule has 1 aromatic rings. The average molecular weight is 236 g/mol. The Morgan fingerprint density at radius 3 is 2.88 bits per heavy atom. The molecule has 0 aliphatic carbocycles. The molecule has 1 unspecified atom stereocenters. The fraction of sp³-hybridized carbons (Fsp3) is 0.846. The second kappa shape index (κ2) is 5.17. The topological polar surface area (TPSA) is 42.7 Å². The molecule has 1 N–H and O–H groups in total. The Morgan fingerprint density at radius 2 is 2.24 bits per heavy atom. The third kappa shape index (κ3) is 3.28. The molecule has 0 spiro atoms. The number of aromatic nitrogens is 3. The first-order valence-electron chi connectivity index (χ1n) is 6.70. The number of nitrogens with one attached hydrogen (secondary N) is 1. The van der Waals surface area contributed by atoms with Crippen molar-refractivity contribution in [3.63, 3.8) is 0 Å². The van der Waals surface area contributed by atoms with Crippen LogP contribution in [0.4, 0.5) is 0 Å². The quantitative estimate of drug-likeness (QED) is 0.874. The molecule has 1 saturated heterocycles. The van der Waals surface area contributed by atoms with Crippen molar-refractivity contribution in [3.05, 3.63) is 11.9 Å². The first kappa shape index (κ1) is 12.6. The van der Waals surface area contributed by atoms with Crippen molar-refractivity contribution in [2.75, 3.05) is 6.54 Å². The molecule has 17 heavy (non-hydrogen) atoms. The van der Waals surface area contributed by atoms with E-state index in [9.17, 15) is 0 Å². The van der Waals surface area contributed by atoms with Crippen LogP contribution in [0.3, 0.4) is 0 Å². The van der Waals surface area contributed by atoms with Crippen molar-refractivity contribution in [2.45, 2.75) is 64.5 Å². The van der Waals surface area contributed by atoms with Gasteiger partial charge in [0, 0.05) is 18.0 Å². The smallest absolute Gasteiger partial charge is 0.0730 e. The van der Waals surface area contributed by atoms with Crippen molar-refractivity contribution < 1.29 is 0 Å². The van der Waals surface area contributed by atoms with Gasteiger partial charge in [0.25, 0.3) is 0 Å². The second-order valence-corrected chi connectivity index (χ2v) is 6.03. The molecular formula is C13H24N4. The summed E-state index contributed by atoms with van der Waals surface area (Å²) in [6, 6.07) is 0.667. The summed E-state index contributed by atoms with van der Waals surface area (Å²) < 4.78 is 2.07. The van der Waals surface area contributed by atoms with Crippen LogP contribution < -0.4 is 5.32 Å². The minimum Gasteiger partial charge on any atom is -0.314 e. The van der Waals surface area contributed by atoms with Gasteiger partial charge in [0.1, 0.15) is 0 Å². The van der Waals surface area contributed by atoms with Crippen molar-refractivity contribution in [2.24, 2.45) is 0 Å². The van der Waals surface area contributed by atoms with Crippen LogP contribution in [0.1, 0.15) is 52.1 Å². The Balaban J connectivity index is 1.92. The monoisotopic (exact) mass is 236 g/mol. The molecule has 2 rings (SSSR count). The fourth-order valence-corrected chi connectivity index (χ4v) is 2.45. The van der Waals surface area contributed by atoms with Gasteiger partial charge in [-0.1, -0.05) is 32.4 Å². The lowest BCUT2D eigenvalue weighted by Crippen LogP contribution is -2.35. The zero-order valence-electron chi connectivity index (χ0n) is 11.2. The number of hydrogen-bond acceptors (Lipinski definition) is 3. The summed E-state index contributed by atoms with van der Waals surface area (Å²) in [4.78, 5) is 0. The van der Waals surface area contributed by atoms with Gasteiger partial charge in [-0.05, 0) is 25.8 Å². The molecule has 0 saturated carbocycles. The lowest BCUT2D eigenvalue weighted by Gasteiger charge is -2.24. The molecule has 4 nitrogen and oxygen atoms in total. The second-order valence-electron chi connectivity index (χ2n) is 6.03. The fourth-order valence-electron chi connectivity index (χ4n) is 2.45. The summed E-state index contributed by atoms with van der Waals surface area (Å²) in [6.07, 6.45) is 7.05. The zero-order valence-corrected chi connectivity index (χ0v) is 11.2. The molecule has 1 atom stereocenters. The van der Waals surface area contributed by atoms with Crippen LogP contribution in [-0.4, -0.2) is 27.6 Å². The SMILES string of the molecule is CC(C)(C)c1cnnn1CCC1CCCCN1. The number of piperidine rings is 1. The van der Waals surface area contributed by atoms with Gasteiger partial charge in [-0.2, -0.15) is 0 Å². The highest BCUT2D eigenvalue weighted by Crippen LogP contribution is 2.21. The Kier molecular flexibility index (Phi) is 3.82. The molecule has 1 aliphatic heterocycles. The van der Waals surface area contributed by atoms with Gasteiger partial charge in [0.15, 0.2) is 0 Å². The summed E-state index contributed by atoms with van der Waals surface area (Å²) in [5.74, 6) is 0. The maximum atomic E-state index is 4.21. The number of rotatable bonds is 3. The first-order chi connectivity index (χ1) is 8.07. The first-order valence-corrected chi connectivity index (χ1v) is 6.70. The predicted octanol–water partition coefficient (Wildman–Crippen LogP) is 2.11. The van der Waals surface area contributed by atoms with Gasteiger partial charge >= 0.3 is 0 Å². The highest BCUT2D eigenvalue weighted by molar-refractivity contribution is 5.07. The molecule has 1 fully saturated rings. The van der Waals surface area contributed by atoms with Gasteiger partial charge < -0.3 is 5.32 Å². The molecule has 96 valence electrons. The average Bonchev–Trinajstić information content (AvgIpc) is 2.75. The summed E-state index contributed by atoms with van der Waals surface area (Å²) >= 11 is 0. The molecule has 2 heterocycles. The Bertz CT molecular complexity index is 345. The molecule has 1 aromatic heterocycles. The maximum absolute atomic E-state index is 4.21. The molecule has 0 radical (unpaired) electrons. The molecule has 0 bridgehead atoms. The van der Waals surface area contributed by atoms with Crippen molar-refractivity contribution in [1.29, 1.82) is 0 Å². The number of nitrogens with zero attached hydrogens (tertiary/aromatic N) is 3. The van der Waals surface area contributed by atoms with Gasteiger partial charge in [-0.3, -0.25) is 0 Å². The van der Waals surface area contributed by atoms with E-state index < -0.39 is 0 Å². The molecular weight excluding hydrogens is 212 g/mol. The third-order valence-electron chi connectivity index (χ3n) is 3.49.